The third-order valence-corrected chi connectivity index (χ3v) is 5.74. The molecule has 130 valence electrons. The third-order valence-electron chi connectivity index (χ3n) is 3.86. The monoisotopic (exact) mass is 381 g/mol. The maximum absolute atomic E-state index is 12.4. The Morgan fingerprint density at radius 2 is 2.08 bits per heavy atom. The fourth-order valence-corrected chi connectivity index (χ4v) is 4.28. The summed E-state index contributed by atoms with van der Waals surface area (Å²) >= 11 is 3.00. The van der Waals surface area contributed by atoms with Gasteiger partial charge in [-0.2, -0.15) is 0 Å². The van der Waals surface area contributed by atoms with E-state index in [-0.39, 0.29) is 5.56 Å². The number of thiophene rings is 1. The first-order valence-electron chi connectivity index (χ1n) is 7.95. The Kier molecular flexibility index (Phi) is 4.73. The van der Waals surface area contributed by atoms with Gasteiger partial charge in [0.1, 0.15) is 16.3 Å². The van der Waals surface area contributed by atoms with E-state index in [0.29, 0.717) is 22.0 Å². The lowest BCUT2D eigenvalue weighted by Crippen LogP contribution is -2.19. The Labute approximate surface area is 158 Å². The molecule has 0 radical (unpaired) electrons. The third kappa shape index (κ3) is 3.36. The van der Waals surface area contributed by atoms with Crippen LogP contribution in [0.25, 0.3) is 10.2 Å². The molecule has 5 nitrogen and oxygen atoms in total. The molecule has 0 fully saturated rings. The molecule has 0 spiro atoms. The molecule has 3 heterocycles. The van der Waals surface area contributed by atoms with Crippen molar-refractivity contribution >= 4 is 33.3 Å². The summed E-state index contributed by atoms with van der Waals surface area (Å²) in [5.74, 6) is 2.11. The van der Waals surface area contributed by atoms with Gasteiger partial charge >= 0.3 is 0 Å². The van der Waals surface area contributed by atoms with Gasteiger partial charge in [0.25, 0.3) is 5.56 Å². The van der Waals surface area contributed by atoms with Crippen LogP contribution < -0.4 is 10.3 Å². The number of aromatic nitrogens is 3. The molecule has 26 heavy (non-hydrogen) atoms. The van der Waals surface area contributed by atoms with Crippen LogP contribution in [-0.2, 0) is 12.8 Å². The zero-order valence-electron chi connectivity index (χ0n) is 14.0. The zero-order valence-corrected chi connectivity index (χ0v) is 15.6. The Morgan fingerprint density at radius 1 is 1.19 bits per heavy atom. The topological polar surface area (TPSA) is 57.0 Å². The van der Waals surface area contributed by atoms with E-state index in [4.69, 9.17) is 4.74 Å². The number of nitrogens with zero attached hydrogens (tertiary/aromatic N) is 3. The van der Waals surface area contributed by atoms with Crippen LogP contribution in [0.5, 0.6) is 11.5 Å². The van der Waals surface area contributed by atoms with Gasteiger partial charge in [0.05, 0.1) is 11.6 Å². The molecular formula is C19H15N3O2S2. The molecular weight excluding hydrogens is 366 g/mol. The molecule has 7 heteroatoms. The second-order valence-corrected chi connectivity index (χ2v) is 7.42. The molecule has 0 unspecified atom stereocenters. The van der Waals surface area contributed by atoms with Gasteiger partial charge in [-0.3, -0.25) is 14.3 Å². The molecule has 0 saturated carbocycles. The number of pyridine rings is 1. The minimum Gasteiger partial charge on any atom is -0.455 e. The first kappa shape index (κ1) is 16.8. The van der Waals surface area contributed by atoms with Crippen LogP contribution in [0, 0.1) is 0 Å². The molecule has 4 aromatic rings. The van der Waals surface area contributed by atoms with Gasteiger partial charge in [0.15, 0.2) is 5.16 Å². The highest BCUT2D eigenvalue weighted by atomic mass is 32.2. The van der Waals surface area contributed by atoms with E-state index >= 15 is 0 Å². The molecule has 0 bridgehead atoms. The van der Waals surface area contributed by atoms with Crippen LogP contribution in [0.3, 0.4) is 0 Å². The fraction of sp³-hybridized carbons (Fsp3) is 0.105. The minimum atomic E-state index is -0.0151. The lowest BCUT2D eigenvalue weighted by molar-refractivity contribution is 0.476. The second kappa shape index (κ2) is 7.31. The molecule has 0 atom stereocenters. The first-order valence-corrected chi connectivity index (χ1v) is 9.82. The number of hydrogen-bond donors (Lipinski definition) is 0. The van der Waals surface area contributed by atoms with Crippen molar-refractivity contribution in [2.75, 3.05) is 0 Å². The van der Waals surface area contributed by atoms with E-state index in [0.717, 1.165) is 16.1 Å². The minimum absolute atomic E-state index is 0.0151. The zero-order chi connectivity index (χ0) is 17.9. The van der Waals surface area contributed by atoms with Gasteiger partial charge in [0.2, 0.25) is 0 Å². The van der Waals surface area contributed by atoms with E-state index in [1.807, 2.05) is 47.8 Å². The van der Waals surface area contributed by atoms with Crippen molar-refractivity contribution in [3.05, 3.63) is 76.2 Å². The van der Waals surface area contributed by atoms with Gasteiger partial charge < -0.3 is 4.74 Å². The Balaban J connectivity index is 1.59. The van der Waals surface area contributed by atoms with Crippen LogP contribution >= 0.6 is 23.1 Å². The summed E-state index contributed by atoms with van der Waals surface area (Å²) in [6.45, 7) is 0. The van der Waals surface area contributed by atoms with E-state index in [2.05, 4.69) is 9.97 Å². The predicted molar refractivity (Wildman–Crippen MR) is 105 cm³/mol. The molecule has 3 aromatic heterocycles. The van der Waals surface area contributed by atoms with Crippen LogP contribution in [-0.4, -0.2) is 14.5 Å². The molecule has 1 aromatic carbocycles. The summed E-state index contributed by atoms with van der Waals surface area (Å²) in [7, 11) is 1.76. The van der Waals surface area contributed by atoms with Crippen LogP contribution in [0.15, 0.2) is 70.2 Å². The highest BCUT2D eigenvalue weighted by molar-refractivity contribution is 7.98. The molecule has 0 aliphatic heterocycles. The largest absolute Gasteiger partial charge is 0.455 e. The summed E-state index contributed by atoms with van der Waals surface area (Å²) in [4.78, 5) is 21.9. The lowest BCUT2D eigenvalue weighted by Gasteiger charge is -2.11. The SMILES string of the molecule is Cn1c(SCc2ccccc2Oc2cccnc2)nc2sccc2c1=O. The summed E-state index contributed by atoms with van der Waals surface area (Å²) in [5, 5.41) is 3.26. The van der Waals surface area contributed by atoms with Gasteiger partial charge in [-0.05, 0) is 29.6 Å². The number of ether oxygens (including phenoxy) is 1. The summed E-state index contributed by atoms with van der Waals surface area (Å²) in [6.07, 6.45) is 3.39. The number of thioether (sulfide) groups is 1. The number of rotatable bonds is 5. The summed E-state index contributed by atoms with van der Waals surface area (Å²) < 4.78 is 7.55. The predicted octanol–water partition coefficient (Wildman–Crippen LogP) is 4.47. The fourth-order valence-electron chi connectivity index (χ4n) is 2.51. The quantitative estimate of drug-likeness (QED) is 0.377. The van der Waals surface area contributed by atoms with Crippen molar-refractivity contribution in [2.24, 2.45) is 7.05 Å². The smallest absolute Gasteiger partial charge is 0.262 e. The Hall–Kier alpha value is -2.64. The maximum atomic E-state index is 12.4. The number of para-hydroxylation sites is 1. The van der Waals surface area contributed by atoms with Gasteiger partial charge in [-0.1, -0.05) is 30.0 Å². The van der Waals surface area contributed by atoms with E-state index < -0.39 is 0 Å². The van der Waals surface area contributed by atoms with E-state index in [1.54, 1.807) is 24.0 Å². The van der Waals surface area contributed by atoms with Crippen LogP contribution in [0.2, 0.25) is 0 Å². The van der Waals surface area contributed by atoms with Gasteiger partial charge in [0, 0.05) is 24.6 Å². The van der Waals surface area contributed by atoms with Crippen LogP contribution in [0.1, 0.15) is 5.56 Å². The summed E-state index contributed by atoms with van der Waals surface area (Å²) in [5.41, 5.74) is 1.01. The molecule has 4 rings (SSSR count). The van der Waals surface area contributed by atoms with Crippen molar-refractivity contribution in [1.29, 1.82) is 0 Å². The second-order valence-electron chi connectivity index (χ2n) is 5.59. The standard InChI is InChI=1S/C19H15N3O2S2/c1-22-18(23)15-8-10-25-17(15)21-19(22)26-12-13-5-2-3-7-16(13)24-14-6-4-9-20-11-14/h2-11H,12H2,1H3. The highest BCUT2D eigenvalue weighted by Crippen LogP contribution is 2.30. The van der Waals surface area contributed by atoms with Crippen molar-refractivity contribution in [2.45, 2.75) is 10.9 Å². The van der Waals surface area contributed by atoms with Crippen LogP contribution in [0.4, 0.5) is 0 Å². The summed E-state index contributed by atoms with van der Waals surface area (Å²) in [6, 6.07) is 13.4. The van der Waals surface area contributed by atoms with Crippen molar-refractivity contribution in [3.63, 3.8) is 0 Å². The van der Waals surface area contributed by atoms with Crippen molar-refractivity contribution in [1.82, 2.24) is 14.5 Å². The average molecular weight is 381 g/mol. The van der Waals surface area contributed by atoms with Gasteiger partial charge in [-0.15, -0.1) is 11.3 Å². The number of hydrogen-bond acceptors (Lipinski definition) is 6. The molecule has 0 N–H and O–H groups in total. The highest BCUT2D eigenvalue weighted by Gasteiger charge is 2.11. The first-order chi connectivity index (χ1) is 12.7. The van der Waals surface area contributed by atoms with Crippen molar-refractivity contribution < 1.29 is 4.74 Å². The number of fused-ring (bicyclic) bond motifs is 1. The van der Waals surface area contributed by atoms with Crippen molar-refractivity contribution in [3.8, 4) is 11.5 Å². The van der Waals surface area contributed by atoms with E-state index in [9.17, 15) is 4.79 Å². The molecule has 0 saturated heterocycles. The Morgan fingerprint density at radius 3 is 2.92 bits per heavy atom. The Bertz CT molecular complexity index is 1110. The normalized spacial score (nSPS) is 11.0. The molecule has 0 aliphatic rings. The average Bonchev–Trinajstić information content (AvgIpc) is 3.14. The molecule has 0 aliphatic carbocycles. The lowest BCUT2D eigenvalue weighted by atomic mass is 10.2. The number of benzene rings is 1. The maximum Gasteiger partial charge on any atom is 0.262 e. The van der Waals surface area contributed by atoms with E-state index in [1.165, 1.54) is 23.1 Å². The van der Waals surface area contributed by atoms with Gasteiger partial charge in [-0.25, -0.2) is 4.98 Å². The molecule has 0 amide bonds.